The molecule has 0 amide bonds. The molecule has 2 fully saturated rings. The van der Waals surface area contributed by atoms with Crippen molar-refractivity contribution in [2.75, 3.05) is 19.8 Å². The highest BCUT2D eigenvalue weighted by molar-refractivity contribution is 5.40. The molecule has 2 saturated carbocycles. The maximum Gasteiger partial charge on any atom is 0.435 e. The lowest BCUT2D eigenvalue weighted by molar-refractivity contribution is -0.457. The molecular formula is C29H37F9O3. The SMILES string of the molecule is CCCCOc1ccc2c(c1)CCC1C2CCC2(C)C(OCCCOC(C(F)(F)F)(C(F)(F)F)C(F)(F)F)CCC12. The number of unbranched alkanes of at least 4 members (excludes halogenated alkanes) is 1. The Morgan fingerprint density at radius 2 is 1.51 bits per heavy atom. The number of hydrogen-bond acceptors (Lipinski definition) is 3. The predicted molar refractivity (Wildman–Crippen MR) is 133 cm³/mol. The summed E-state index contributed by atoms with van der Waals surface area (Å²) >= 11 is 0. The molecule has 5 atom stereocenters. The minimum Gasteiger partial charge on any atom is -0.494 e. The molecule has 3 nitrogen and oxygen atoms in total. The van der Waals surface area contributed by atoms with Gasteiger partial charge in [0.25, 0.3) is 0 Å². The highest BCUT2D eigenvalue weighted by Gasteiger charge is 2.85. The van der Waals surface area contributed by atoms with Gasteiger partial charge in [0.05, 0.1) is 19.3 Å². The molecule has 0 aromatic heterocycles. The number of rotatable bonds is 10. The lowest BCUT2D eigenvalue weighted by atomic mass is 9.55. The van der Waals surface area contributed by atoms with E-state index in [-0.39, 0.29) is 18.1 Å². The van der Waals surface area contributed by atoms with Gasteiger partial charge in [-0.1, -0.05) is 26.3 Å². The Morgan fingerprint density at radius 3 is 2.15 bits per heavy atom. The molecule has 12 heteroatoms. The van der Waals surface area contributed by atoms with E-state index in [2.05, 4.69) is 30.7 Å². The number of ether oxygens (including phenoxy) is 3. The second kappa shape index (κ2) is 11.8. The van der Waals surface area contributed by atoms with Crippen LogP contribution in [0.5, 0.6) is 5.75 Å². The van der Waals surface area contributed by atoms with Gasteiger partial charge in [-0.15, -0.1) is 0 Å². The third kappa shape index (κ3) is 5.93. The van der Waals surface area contributed by atoms with E-state index in [1.807, 2.05) is 6.07 Å². The van der Waals surface area contributed by atoms with E-state index in [1.165, 1.54) is 11.1 Å². The number of alkyl halides is 9. The van der Waals surface area contributed by atoms with Crippen molar-refractivity contribution >= 4 is 0 Å². The average Bonchev–Trinajstić information content (AvgIpc) is 3.19. The molecule has 41 heavy (non-hydrogen) atoms. The van der Waals surface area contributed by atoms with Crippen LogP contribution in [-0.4, -0.2) is 50.1 Å². The molecule has 4 rings (SSSR count). The summed E-state index contributed by atoms with van der Waals surface area (Å²) in [6.45, 7) is 3.21. The Kier molecular flexibility index (Phi) is 9.25. The molecule has 0 radical (unpaired) electrons. The maximum atomic E-state index is 13.1. The number of aryl methyl sites for hydroxylation is 1. The third-order valence-electron chi connectivity index (χ3n) is 9.50. The molecule has 0 saturated heterocycles. The van der Waals surface area contributed by atoms with Gasteiger partial charge in [-0.2, -0.15) is 39.5 Å². The number of hydrogen-bond donors (Lipinski definition) is 0. The van der Waals surface area contributed by atoms with Crippen molar-refractivity contribution in [2.24, 2.45) is 17.3 Å². The Bertz CT molecular complexity index is 1000. The average molecular weight is 605 g/mol. The predicted octanol–water partition coefficient (Wildman–Crippen LogP) is 8.94. The fourth-order valence-electron chi connectivity index (χ4n) is 7.45. The van der Waals surface area contributed by atoms with Gasteiger partial charge >= 0.3 is 24.1 Å². The monoisotopic (exact) mass is 604 g/mol. The minimum absolute atomic E-state index is 0.226. The van der Waals surface area contributed by atoms with Crippen LogP contribution in [0.2, 0.25) is 0 Å². The van der Waals surface area contributed by atoms with Crippen LogP contribution in [0.15, 0.2) is 18.2 Å². The minimum atomic E-state index is -6.72. The fraction of sp³-hybridized carbons (Fsp3) is 0.793. The second-order valence-electron chi connectivity index (χ2n) is 11.8. The van der Waals surface area contributed by atoms with Crippen LogP contribution in [0.1, 0.15) is 82.3 Å². The molecule has 5 unspecified atom stereocenters. The number of fused-ring (bicyclic) bond motifs is 5. The first-order chi connectivity index (χ1) is 19.1. The van der Waals surface area contributed by atoms with Gasteiger partial charge in [0.2, 0.25) is 0 Å². The van der Waals surface area contributed by atoms with Crippen molar-refractivity contribution < 1.29 is 53.7 Å². The van der Waals surface area contributed by atoms with Crippen LogP contribution in [-0.2, 0) is 15.9 Å². The summed E-state index contributed by atoms with van der Waals surface area (Å²) < 4.78 is 133. The van der Waals surface area contributed by atoms with E-state index in [0.29, 0.717) is 30.8 Å². The molecule has 0 heterocycles. The number of halogens is 9. The standard InChI is InChI=1S/C29H37F9O3/c1-3-4-14-39-19-7-9-20-18(17-19)6-8-22-21(20)12-13-25(2)23(22)10-11-24(25)40-15-5-16-41-26(27(30,31)32,28(33,34)35)29(36,37)38/h7,9,17,21-24H,3-6,8,10-16H2,1-2H3. The normalized spacial score (nSPS) is 28.7. The molecule has 0 bridgehead atoms. The third-order valence-corrected chi connectivity index (χ3v) is 9.50. The molecule has 0 N–H and O–H groups in total. The van der Waals surface area contributed by atoms with Crippen molar-refractivity contribution in [1.29, 1.82) is 0 Å². The van der Waals surface area contributed by atoms with Gasteiger partial charge in [0.1, 0.15) is 5.75 Å². The Balaban J connectivity index is 1.35. The van der Waals surface area contributed by atoms with E-state index in [0.717, 1.165) is 50.7 Å². The van der Waals surface area contributed by atoms with Crippen molar-refractivity contribution in [3.63, 3.8) is 0 Å². The van der Waals surface area contributed by atoms with Gasteiger partial charge in [-0.05, 0) is 97.8 Å². The zero-order chi connectivity index (χ0) is 30.3. The first kappa shape index (κ1) is 32.2. The first-order valence-corrected chi connectivity index (χ1v) is 14.3. The molecule has 3 aliphatic rings. The van der Waals surface area contributed by atoms with Crippen LogP contribution in [0.3, 0.4) is 0 Å². The molecular weight excluding hydrogens is 567 g/mol. The lowest BCUT2D eigenvalue weighted by Gasteiger charge is -2.50. The van der Waals surface area contributed by atoms with Crippen LogP contribution in [0, 0.1) is 17.3 Å². The summed E-state index contributed by atoms with van der Waals surface area (Å²) in [5, 5.41) is 0. The summed E-state index contributed by atoms with van der Waals surface area (Å²) in [4.78, 5) is 0. The molecule has 0 spiro atoms. The van der Waals surface area contributed by atoms with Gasteiger partial charge in [0, 0.05) is 6.61 Å². The lowest BCUT2D eigenvalue weighted by Crippen LogP contribution is -2.67. The molecule has 234 valence electrons. The summed E-state index contributed by atoms with van der Waals surface area (Å²) in [6.07, 6.45) is -13.7. The van der Waals surface area contributed by atoms with E-state index in [1.54, 1.807) is 0 Å². The van der Waals surface area contributed by atoms with E-state index < -0.39 is 37.2 Å². The van der Waals surface area contributed by atoms with Gasteiger partial charge in [0.15, 0.2) is 0 Å². The molecule has 1 aromatic rings. The Hall–Kier alpha value is -1.69. The first-order valence-electron chi connectivity index (χ1n) is 14.3. The van der Waals surface area contributed by atoms with Crippen LogP contribution in [0.4, 0.5) is 39.5 Å². The summed E-state index contributed by atoms with van der Waals surface area (Å²) in [5.74, 6) is 2.04. The zero-order valence-electron chi connectivity index (χ0n) is 23.2. The molecule has 3 aliphatic carbocycles. The summed E-state index contributed by atoms with van der Waals surface area (Å²) in [7, 11) is 0. The van der Waals surface area contributed by atoms with E-state index >= 15 is 0 Å². The number of benzene rings is 1. The summed E-state index contributed by atoms with van der Waals surface area (Å²) in [6, 6.07) is 6.34. The fourth-order valence-corrected chi connectivity index (χ4v) is 7.45. The van der Waals surface area contributed by atoms with Crippen LogP contribution in [0.25, 0.3) is 0 Å². The summed E-state index contributed by atoms with van der Waals surface area (Å²) in [5.41, 5.74) is -3.82. The van der Waals surface area contributed by atoms with E-state index in [4.69, 9.17) is 9.47 Å². The maximum absolute atomic E-state index is 13.1. The van der Waals surface area contributed by atoms with Crippen molar-refractivity contribution in [1.82, 2.24) is 0 Å². The van der Waals surface area contributed by atoms with Crippen molar-refractivity contribution in [2.45, 2.75) is 108 Å². The van der Waals surface area contributed by atoms with Crippen molar-refractivity contribution in [3.8, 4) is 5.75 Å². The Labute approximate surface area is 234 Å². The largest absolute Gasteiger partial charge is 0.494 e. The van der Waals surface area contributed by atoms with Gasteiger partial charge < -0.3 is 14.2 Å². The quantitative estimate of drug-likeness (QED) is 0.197. The molecule has 1 aromatic carbocycles. The zero-order valence-corrected chi connectivity index (χ0v) is 23.2. The van der Waals surface area contributed by atoms with Gasteiger partial charge in [-0.25, -0.2) is 0 Å². The highest BCUT2D eigenvalue weighted by Crippen LogP contribution is 2.62. The van der Waals surface area contributed by atoms with Crippen LogP contribution < -0.4 is 4.74 Å². The molecule has 0 aliphatic heterocycles. The topological polar surface area (TPSA) is 27.7 Å². The van der Waals surface area contributed by atoms with Crippen LogP contribution >= 0.6 is 0 Å². The smallest absolute Gasteiger partial charge is 0.435 e. The highest BCUT2D eigenvalue weighted by atomic mass is 19.4. The van der Waals surface area contributed by atoms with Crippen molar-refractivity contribution in [3.05, 3.63) is 29.3 Å². The second-order valence-corrected chi connectivity index (χ2v) is 11.8. The van der Waals surface area contributed by atoms with Gasteiger partial charge in [-0.3, -0.25) is 0 Å². The Morgan fingerprint density at radius 1 is 0.829 bits per heavy atom. The van der Waals surface area contributed by atoms with E-state index in [9.17, 15) is 39.5 Å².